The third-order valence-corrected chi connectivity index (χ3v) is 7.65. The van der Waals surface area contributed by atoms with Gasteiger partial charge in [0.1, 0.15) is 0 Å². The van der Waals surface area contributed by atoms with E-state index in [4.69, 9.17) is 33.2 Å². The summed E-state index contributed by atoms with van der Waals surface area (Å²) < 4.78 is 41.7. The molecule has 0 saturated heterocycles. The molecule has 0 bridgehead atoms. The van der Waals surface area contributed by atoms with E-state index in [1.807, 2.05) is 18.3 Å². The summed E-state index contributed by atoms with van der Waals surface area (Å²) in [6, 6.07) is 13.2. The van der Waals surface area contributed by atoms with Crippen LogP contribution < -0.4 is 50.1 Å². The Balaban J connectivity index is 0.00000302. The van der Waals surface area contributed by atoms with Gasteiger partial charge in [0.05, 0.1) is 50.2 Å². The molecule has 210 valence electrons. The average molecular weight is 576 g/mol. The molecule has 3 heterocycles. The summed E-state index contributed by atoms with van der Waals surface area (Å²) >= 11 is 0. The first kappa shape index (κ1) is 26.6. The minimum Gasteiger partial charge on any atom is -1.00 e. The lowest BCUT2D eigenvalue weighted by atomic mass is 9.93. The highest BCUT2D eigenvalue weighted by Gasteiger charge is 2.30. The normalized spacial score (nSPS) is 12.9. The van der Waals surface area contributed by atoms with Crippen LogP contribution in [-0.4, -0.2) is 41.2 Å². The molecule has 5 aromatic rings. The fourth-order valence-electron chi connectivity index (χ4n) is 5.85. The van der Waals surface area contributed by atoms with E-state index in [1.165, 1.54) is 26.9 Å². The second-order valence-corrected chi connectivity index (χ2v) is 9.59. The van der Waals surface area contributed by atoms with Crippen LogP contribution in [0.1, 0.15) is 15.9 Å². The molecule has 10 heteroatoms. The lowest BCUT2D eigenvalue weighted by Crippen LogP contribution is -3.00. The topological polar surface area (TPSA) is 85.6 Å². The standard InChI is InChI=1S/C31H26NO8.ClH/c1-34-22-8-7-18-19-5-6-20-26-16(11-25-28(20)39-15-38-25)9-10-32(27(19)26)14-21(18)29(22)40-31(33)17-12-23(35-2)30(37-4)24(13-17)36-3;/h5-8,11-14H,9-10,15H2,1-4H3;1H/q+1;/p-1. The van der Waals surface area contributed by atoms with Crippen LogP contribution in [0.4, 0.5) is 0 Å². The van der Waals surface area contributed by atoms with E-state index >= 15 is 0 Å². The maximum Gasteiger partial charge on any atom is 0.343 e. The van der Waals surface area contributed by atoms with Crippen molar-refractivity contribution >= 4 is 38.4 Å². The lowest BCUT2D eigenvalue weighted by Gasteiger charge is -2.18. The highest BCUT2D eigenvalue weighted by Crippen LogP contribution is 2.46. The minimum absolute atomic E-state index is 0. The Morgan fingerprint density at radius 3 is 2.20 bits per heavy atom. The average Bonchev–Trinajstić information content (AvgIpc) is 3.47. The molecule has 0 amide bonds. The molecule has 0 saturated carbocycles. The van der Waals surface area contributed by atoms with Crippen LogP contribution in [0, 0.1) is 0 Å². The van der Waals surface area contributed by atoms with Gasteiger partial charge in [0.25, 0.3) is 0 Å². The van der Waals surface area contributed by atoms with Crippen LogP contribution in [0.2, 0.25) is 0 Å². The number of hydrogen-bond donors (Lipinski definition) is 0. The van der Waals surface area contributed by atoms with E-state index < -0.39 is 5.97 Å². The molecular weight excluding hydrogens is 550 g/mol. The number of halogens is 1. The first-order valence-corrected chi connectivity index (χ1v) is 12.8. The zero-order chi connectivity index (χ0) is 27.5. The molecule has 41 heavy (non-hydrogen) atoms. The van der Waals surface area contributed by atoms with E-state index in [-0.39, 0.29) is 24.8 Å². The number of pyridine rings is 1. The maximum atomic E-state index is 13.5. The van der Waals surface area contributed by atoms with Crippen LogP contribution in [0.15, 0.2) is 48.7 Å². The summed E-state index contributed by atoms with van der Waals surface area (Å²) in [5.74, 6) is 2.87. The zero-order valence-electron chi connectivity index (χ0n) is 22.8. The molecule has 0 fully saturated rings. The third kappa shape index (κ3) is 3.91. The van der Waals surface area contributed by atoms with Crippen molar-refractivity contribution < 1.29 is 54.9 Å². The van der Waals surface area contributed by atoms with Crippen LogP contribution in [0.5, 0.6) is 40.2 Å². The lowest BCUT2D eigenvalue weighted by molar-refractivity contribution is -0.670. The van der Waals surface area contributed by atoms with Gasteiger partial charge in [-0.1, -0.05) is 0 Å². The highest BCUT2D eigenvalue weighted by molar-refractivity contribution is 6.17. The maximum absolute atomic E-state index is 13.5. The number of hydrogen-bond acceptors (Lipinski definition) is 8. The predicted molar refractivity (Wildman–Crippen MR) is 147 cm³/mol. The van der Waals surface area contributed by atoms with E-state index in [2.05, 4.69) is 22.8 Å². The van der Waals surface area contributed by atoms with Crippen molar-refractivity contribution in [3.8, 4) is 40.2 Å². The predicted octanol–water partition coefficient (Wildman–Crippen LogP) is 1.98. The third-order valence-electron chi connectivity index (χ3n) is 7.65. The first-order chi connectivity index (χ1) is 19.6. The highest BCUT2D eigenvalue weighted by atomic mass is 35.5. The number of fused-ring (bicyclic) bond motifs is 4. The molecule has 0 radical (unpaired) electrons. The summed E-state index contributed by atoms with van der Waals surface area (Å²) in [4.78, 5) is 13.5. The van der Waals surface area contributed by atoms with E-state index in [0.29, 0.717) is 28.7 Å². The monoisotopic (exact) mass is 575 g/mol. The van der Waals surface area contributed by atoms with Crippen LogP contribution in [0.25, 0.3) is 32.4 Å². The molecule has 0 unspecified atom stereocenters. The van der Waals surface area contributed by atoms with Crippen molar-refractivity contribution in [3.63, 3.8) is 0 Å². The van der Waals surface area contributed by atoms with Gasteiger partial charge in [-0.15, -0.1) is 0 Å². The molecular formula is C31H26ClNO8. The SMILES string of the molecule is COc1cc(C(=O)Oc2c(OC)ccc3c2c[n+]2c4c3ccc3c5c(cc(c34)CC2)OCO5)cc(OC)c1OC.[Cl-]. The van der Waals surface area contributed by atoms with E-state index in [1.54, 1.807) is 19.2 Å². The number of benzene rings is 4. The molecule has 2 aliphatic rings. The first-order valence-electron chi connectivity index (χ1n) is 12.8. The van der Waals surface area contributed by atoms with Crippen LogP contribution in [-0.2, 0) is 13.0 Å². The molecule has 0 atom stereocenters. The number of aryl methyl sites for hydroxylation is 2. The van der Waals surface area contributed by atoms with Crippen molar-refractivity contribution in [3.05, 3.63) is 59.8 Å². The van der Waals surface area contributed by atoms with Gasteiger partial charge in [0.15, 0.2) is 47.2 Å². The number of rotatable bonds is 6. The van der Waals surface area contributed by atoms with Crippen LogP contribution >= 0.6 is 0 Å². The number of aromatic nitrogens is 1. The fourth-order valence-corrected chi connectivity index (χ4v) is 5.85. The number of carbonyl (C=O) groups excluding carboxylic acids is 1. The molecule has 2 aliphatic heterocycles. The Kier molecular flexibility index (Phi) is 6.54. The van der Waals surface area contributed by atoms with Gasteiger partial charge in [-0.05, 0) is 48.0 Å². The molecule has 1 aromatic heterocycles. The Labute approximate surface area is 241 Å². The molecule has 0 aliphatic carbocycles. The van der Waals surface area contributed by atoms with Crippen molar-refractivity contribution in [1.29, 1.82) is 0 Å². The largest absolute Gasteiger partial charge is 1.00 e. The summed E-state index contributed by atoms with van der Waals surface area (Å²) in [6.07, 6.45) is 2.87. The summed E-state index contributed by atoms with van der Waals surface area (Å²) in [7, 11) is 6.06. The Bertz CT molecular complexity index is 1860. The summed E-state index contributed by atoms with van der Waals surface area (Å²) in [5, 5.41) is 4.93. The van der Waals surface area contributed by atoms with Gasteiger partial charge in [0.2, 0.25) is 18.1 Å². The summed E-state index contributed by atoms with van der Waals surface area (Å²) in [6.45, 7) is 0.986. The number of ether oxygens (including phenoxy) is 7. The number of methoxy groups -OCH3 is 4. The molecule has 0 spiro atoms. The second-order valence-electron chi connectivity index (χ2n) is 9.59. The smallest absolute Gasteiger partial charge is 0.343 e. The van der Waals surface area contributed by atoms with Gasteiger partial charge in [0, 0.05) is 17.2 Å². The Morgan fingerprint density at radius 2 is 1.49 bits per heavy atom. The van der Waals surface area contributed by atoms with Gasteiger partial charge in [-0.25, -0.2) is 4.79 Å². The van der Waals surface area contributed by atoms with Crippen molar-refractivity contribution in [1.82, 2.24) is 0 Å². The van der Waals surface area contributed by atoms with Crippen molar-refractivity contribution in [2.75, 3.05) is 35.2 Å². The molecule has 0 N–H and O–H groups in total. The number of esters is 1. The molecule has 9 nitrogen and oxygen atoms in total. The van der Waals surface area contributed by atoms with Crippen molar-refractivity contribution in [2.45, 2.75) is 13.0 Å². The van der Waals surface area contributed by atoms with Crippen LogP contribution in [0.3, 0.4) is 0 Å². The zero-order valence-corrected chi connectivity index (χ0v) is 23.6. The molecule has 4 aromatic carbocycles. The van der Waals surface area contributed by atoms with Gasteiger partial charge in [-0.3, -0.25) is 0 Å². The Morgan fingerprint density at radius 1 is 0.780 bits per heavy atom. The van der Waals surface area contributed by atoms with E-state index in [0.717, 1.165) is 56.9 Å². The number of nitrogens with zero attached hydrogens (tertiary/aromatic N) is 1. The summed E-state index contributed by atoms with van der Waals surface area (Å²) in [5.41, 5.74) is 2.58. The Hall–Kier alpha value is -4.63. The minimum atomic E-state index is -0.586. The fraction of sp³-hybridized carbons (Fsp3) is 0.226. The van der Waals surface area contributed by atoms with E-state index in [9.17, 15) is 4.79 Å². The quantitative estimate of drug-likeness (QED) is 0.132. The second kappa shape index (κ2) is 10.1. The van der Waals surface area contributed by atoms with Gasteiger partial charge in [-0.2, -0.15) is 4.57 Å². The molecule has 7 rings (SSSR count). The van der Waals surface area contributed by atoms with Crippen molar-refractivity contribution in [2.24, 2.45) is 0 Å². The van der Waals surface area contributed by atoms with Gasteiger partial charge < -0.3 is 45.6 Å². The van der Waals surface area contributed by atoms with Gasteiger partial charge >= 0.3 is 5.97 Å². The number of carbonyl (C=O) groups is 1.